The van der Waals surface area contributed by atoms with Crippen molar-refractivity contribution in [3.05, 3.63) is 22.7 Å². The molecular formula is C8H14N4O. The molecule has 1 aromatic heterocycles. The van der Waals surface area contributed by atoms with Crippen LogP contribution in [0.15, 0.2) is 17.2 Å². The van der Waals surface area contributed by atoms with Gasteiger partial charge in [-0.3, -0.25) is 4.79 Å². The number of H-pyrrole nitrogens is 1. The van der Waals surface area contributed by atoms with Crippen molar-refractivity contribution in [3.8, 4) is 0 Å². The van der Waals surface area contributed by atoms with Crippen LogP contribution in [0.2, 0.25) is 0 Å². The predicted octanol–water partition coefficient (Wildman–Crippen LogP) is -0.0793. The van der Waals surface area contributed by atoms with Gasteiger partial charge in [-0.2, -0.15) is 0 Å². The molecule has 0 bridgehead atoms. The lowest BCUT2D eigenvalue weighted by molar-refractivity contribution is 0.772. The molecule has 0 aliphatic carbocycles. The molecule has 4 N–H and O–H groups in total. The zero-order valence-corrected chi connectivity index (χ0v) is 7.42. The van der Waals surface area contributed by atoms with E-state index in [2.05, 4.69) is 15.3 Å². The predicted molar refractivity (Wildman–Crippen MR) is 51.6 cm³/mol. The Morgan fingerprint density at radius 3 is 3.08 bits per heavy atom. The molecule has 1 rings (SSSR count). The van der Waals surface area contributed by atoms with Gasteiger partial charge in [-0.05, 0) is 19.4 Å². The standard InChI is InChI=1S/C8H14N4O/c9-3-1-2-4-10-7-5-8(13)12-6-11-7/h5-6H,1-4,9H2,(H2,10,11,12,13). The van der Waals surface area contributed by atoms with Gasteiger partial charge in [0.1, 0.15) is 5.82 Å². The minimum Gasteiger partial charge on any atom is -0.370 e. The minimum absolute atomic E-state index is 0.142. The van der Waals surface area contributed by atoms with E-state index in [4.69, 9.17) is 5.73 Å². The topological polar surface area (TPSA) is 83.8 Å². The van der Waals surface area contributed by atoms with Gasteiger partial charge in [0.2, 0.25) is 0 Å². The average Bonchev–Trinajstić information content (AvgIpc) is 2.13. The summed E-state index contributed by atoms with van der Waals surface area (Å²) in [7, 11) is 0. The molecular weight excluding hydrogens is 168 g/mol. The summed E-state index contributed by atoms with van der Waals surface area (Å²) >= 11 is 0. The molecule has 5 nitrogen and oxygen atoms in total. The first-order valence-corrected chi connectivity index (χ1v) is 4.31. The second kappa shape index (κ2) is 5.31. The number of nitrogens with zero attached hydrogens (tertiary/aromatic N) is 1. The lowest BCUT2D eigenvalue weighted by Crippen LogP contribution is -2.10. The van der Waals surface area contributed by atoms with Crippen molar-refractivity contribution < 1.29 is 0 Å². The molecule has 0 aromatic carbocycles. The molecule has 0 amide bonds. The number of rotatable bonds is 5. The lowest BCUT2D eigenvalue weighted by atomic mass is 10.3. The molecule has 0 fully saturated rings. The number of nitrogens with one attached hydrogen (secondary N) is 2. The van der Waals surface area contributed by atoms with Gasteiger partial charge in [0.05, 0.1) is 6.33 Å². The fourth-order valence-electron chi connectivity index (χ4n) is 0.951. The molecule has 1 aromatic rings. The van der Waals surface area contributed by atoms with Crippen LogP contribution >= 0.6 is 0 Å². The summed E-state index contributed by atoms with van der Waals surface area (Å²) in [5, 5.41) is 3.03. The molecule has 0 atom stereocenters. The summed E-state index contributed by atoms with van der Waals surface area (Å²) in [6, 6.07) is 1.43. The van der Waals surface area contributed by atoms with Crippen LogP contribution in [0.3, 0.4) is 0 Å². The number of unbranched alkanes of at least 4 members (excludes halogenated alkanes) is 1. The summed E-state index contributed by atoms with van der Waals surface area (Å²) in [5.74, 6) is 0.612. The molecule has 72 valence electrons. The third-order valence-electron chi connectivity index (χ3n) is 1.62. The van der Waals surface area contributed by atoms with Gasteiger partial charge in [0.25, 0.3) is 5.56 Å². The normalized spacial score (nSPS) is 9.92. The van der Waals surface area contributed by atoms with Crippen LogP contribution in [-0.2, 0) is 0 Å². The number of nitrogens with two attached hydrogens (primary N) is 1. The molecule has 0 spiro atoms. The van der Waals surface area contributed by atoms with Gasteiger partial charge in [-0.25, -0.2) is 4.98 Å². The van der Waals surface area contributed by atoms with Crippen molar-refractivity contribution in [2.24, 2.45) is 5.73 Å². The Kier molecular flexibility index (Phi) is 3.98. The highest BCUT2D eigenvalue weighted by Crippen LogP contribution is 1.95. The molecule has 5 heteroatoms. The fraction of sp³-hybridized carbons (Fsp3) is 0.500. The Morgan fingerprint density at radius 2 is 2.38 bits per heavy atom. The fourth-order valence-corrected chi connectivity index (χ4v) is 0.951. The van der Waals surface area contributed by atoms with E-state index >= 15 is 0 Å². The van der Waals surface area contributed by atoms with Gasteiger partial charge in [0, 0.05) is 12.6 Å². The van der Waals surface area contributed by atoms with Gasteiger partial charge in [0.15, 0.2) is 0 Å². The van der Waals surface area contributed by atoms with Crippen LogP contribution in [0.25, 0.3) is 0 Å². The number of aromatic amines is 1. The zero-order chi connectivity index (χ0) is 9.52. The Hall–Kier alpha value is -1.36. The van der Waals surface area contributed by atoms with E-state index < -0.39 is 0 Å². The van der Waals surface area contributed by atoms with Gasteiger partial charge in [-0.15, -0.1) is 0 Å². The Bertz CT molecular complexity index is 296. The maximum absolute atomic E-state index is 10.8. The lowest BCUT2D eigenvalue weighted by Gasteiger charge is -2.02. The van der Waals surface area contributed by atoms with Crippen molar-refractivity contribution in [2.45, 2.75) is 12.8 Å². The van der Waals surface area contributed by atoms with Crippen molar-refractivity contribution >= 4 is 5.82 Å². The first kappa shape index (κ1) is 9.73. The van der Waals surface area contributed by atoms with E-state index in [-0.39, 0.29) is 5.56 Å². The van der Waals surface area contributed by atoms with E-state index in [9.17, 15) is 4.79 Å². The van der Waals surface area contributed by atoms with Gasteiger partial charge >= 0.3 is 0 Å². The molecule has 0 unspecified atom stereocenters. The Labute approximate surface area is 76.4 Å². The highest BCUT2D eigenvalue weighted by molar-refractivity contribution is 5.31. The average molecular weight is 182 g/mol. The first-order chi connectivity index (χ1) is 6.33. The summed E-state index contributed by atoms with van der Waals surface area (Å²) in [5.41, 5.74) is 5.19. The number of hydrogen-bond donors (Lipinski definition) is 3. The summed E-state index contributed by atoms with van der Waals surface area (Å²) in [4.78, 5) is 17.2. The third-order valence-corrected chi connectivity index (χ3v) is 1.62. The van der Waals surface area contributed by atoms with Crippen LogP contribution in [0.1, 0.15) is 12.8 Å². The molecule has 0 saturated carbocycles. The van der Waals surface area contributed by atoms with Crippen molar-refractivity contribution in [2.75, 3.05) is 18.4 Å². The summed E-state index contributed by atoms with van der Waals surface area (Å²) < 4.78 is 0. The molecule has 1 heterocycles. The van der Waals surface area contributed by atoms with Crippen LogP contribution in [0, 0.1) is 0 Å². The van der Waals surface area contributed by atoms with E-state index in [1.807, 2.05) is 0 Å². The number of aromatic nitrogens is 2. The minimum atomic E-state index is -0.142. The van der Waals surface area contributed by atoms with Crippen LogP contribution < -0.4 is 16.6 Å². The number of hydrogen-bond acceptors (Lipinski definition) is 4. The molecule has 0 aliphatic heterocycles. The monoisotopic (exact) mass is 182 g/mol. The summed E-state index contributed by atoms with van der Waals surface area (Å²) in [6.45, 7) is 1.50. The van der Waals surface area contributed by atoms with E-state index in [0.29, 0.717) is 12.4 Å². The zero-order valence-electron chi connectivity index (χ0n) is 7.42. The van der Waals surface area contributed by atoms with Crippen LogP contribution in [-0.4, -0.2) is 23.1 Å². The van der Waals surface area contributed by atoms with E-state index in [0.717, 1.165) is 19.4 Å². The SMILES string of the molecule is NCCCCNc1cc(=O)[nH]cn1. The number of anilines is 1. The highest BCUT2D eigenvalue weighted by Gasteiger charge is 1.92. The second-order valence-corrected chi connectivity index (χ2v) is 2.72. The van der Waals surface area contributed by atoms with Crippen molar-refractivity contribution in [1.82, 2.24) is 9.97 Å². The molecule has 0 radical (unpaired) electrons. The molecule has 13 heavy (non-hydrogen) atoms. The smallest absolute Gasteiger partial charge is 0.252 e. The maximum atomic E-state index is 10.8. The summed E-state index contributed by atoms with van der Waals surface area (Å²) in [6.07, 6.45) is 3.36. The van der Waals surface area contributed by atoms with E-state index in [1.54, 1.807) is 0 Å². The first-order valence-electron chi connectivity index (χ1n) is 4.31. The third kappa shape index (κ3) is 3.71. The van der Waals surface area contributed by atoms with Crippen LogP contribution in [0.4, 0.5) is 5.82 Å². The molecule has 0 aliphatic rings. The van der Waals surface area contributed by atoms with Crippen molar-refractivity contribution in [1.29, 1.82) is 0 Å². The van der Waals surface area contributed by atoms with E-state index in [1.165, 1.54) is 12.4 Å². The molecule has 0 saturated heterocycles. The quantitative estimate of drug-likeness (QED) is 0.556. The largest absolute Gasteiger partial charge is 0.370 e. The Morgan fingerprint density at radius 1 is 1.54 bits per heavy atom. The maximum Gasteiger partial charge on any atom is 0.252 e. The second-order valence-electron chi connectivity index (χ2n) is 2.72. The van der Waals surface area contributed by atoms with Crippen molar-refractivity contribution in [3.63, 3.8) is 0 Å². The Balaban J connectivity index is 2.33. The van der Waals surface area contributed by atoms with Crippen LogP contribution in [0.5, 0.6) is 0 Å². The van der Waals surface area contributed by atoms with Gasteiger partial charge in [-0.1, -0.05) is 0 Å². The highest BCUT2D eigenvalue weighted by atomic mass is 16.1. The van der Waals surface area contributed by atoms with Gasteiger partial charge < -0.3 is 16.0 Å².